The lowest BCUT2D eigenvalue weighted by atomic mass is 10.0. The normalized spacial score (nSPS) is 13.6. The monoisotopic (exact) mass is 454 g/mol. The number of carbonyl (C=O) groups is 2. The van der Waals surface area contributed by atoms with Crippen LogP contribution in [0, 0.1) is 0 Å². The summed E-state index contributed by atoms with van der Waals surface area (Å²) in [4.78, 5) is 27.8. The van der Waals surface area contributed by atoms with E-state index < -0.39 is 5.91 Å². The van der Waals surface area contributed by atoms with Gasteiger partial charge in [-0.1, -0.05) is 6.07 Å². The van der Waals surface area contributed by atoms with Crippen LogP contribution >= 0.6 is 0 Å². The second kappa shape index (κ2) is 10.3. The lowest BCUT2D eigenvalue weighted by Crippen LogP contribution is -2.38. The number of nitrogens with zero attached hydrogens (tertiary/aromatic N) is 1. The maximum absolute atomic E-state index is 13.3. The highest BCUT2D eigenvalue weighted by Crippen LogP contribution is 2.37. The molecule has 2 aromatic rings. The Hall–Kier alpha value is -3.68. The van der Waals surface area contributed by atoms with Gasteiger partial charge in [-0.05, 0) is 57.5 Å². The first kappa shape index (κ1) is 24.0. The number of nitrogens with one attached hydrogen (secondary N) is 1. The molecule has 0 atom stereocenters. The highest BCUT2D eigenvalue weighted by atomic mass is 16.5. The molecule has 0 spiro atoms. The summed E-state index contributed by atoms with van der Waals surface area (Å²) in [5.41, 5.74) is 1.60. The van der Waals surface area contributed by atoms with Gasteiger partial charge in [0.1, 0.15) is 5.70 Å². The molecule has 176 valence electrons. The maximum atomic E-state index is 13.3. The van der Waals surface area contributed by atoms with E-state index in [0.29, 0.717) is 47.5 Å². The van der Waals surface area contributed by atoms with E-state index in [1.54, 1.807) is 50.2 Å². The molecule has 0 bridgehead atoms. The van der Waals surface area contributed by atoms with E-state index >= 15 is 0 Å². The zero-order valence-electron chi connectivity index (χ0n) is 19.9. The Bertz CT molecular complexity index is 1080. The van der Waals surface area contributed by atoms with Gasteiger partial charge in [-0.3, -0.25) is 14.5 Å². The lowest BCUT2D eigenvalue weighted by molar-refractivity contribution is -0.138. The molecule has 8 nitrogen and oxygen atoms in total. The number of imide groups is 1. The second-order valence-corrected chi connectivity index (χ2v) is 7.55. The first-order chi connectivity index (χ1) is 15.9. The number of amides is 2. The topological polar surface area (TPSA) is 86.3 Å². The smallest absolute Gasteiger partial charge is 0.278 e. The van der Waals surface area contributed by atoms with Crippen molar-refractivity contribution in [2.45, 2.75) is 33.7 Å². The van der Waals surface area contributed by atoms with Crippen molar-refractivity contribution in [2.24, 2.45) is 0 Å². The Morgan fingerprint density at radius 3 is 2.06 bits per heavy atom. The number of hydrogen-bond acceptors (Lipinski definition) is 7. The molecule has 0 radical (unpaired) electrons. The van der Waals surface area contributed by atoms with E-state index in [0.717, 1.165) is 0 Å². The van der Waals surface area contributed by atoms with Crippen LogP contribution in [0.3, 0.4) is 0 Å². The van der Waals surface area contributed by atoms with E-state index in [1.807, 2.05) is 13.8 Å². The minimum absolute atomic E-state index is 0.188. The molecule has 0 aromatic heterocycles. The molecule has 0 aliphatic carbocycles. The van der Waals surface area contributed by atoms with Gasteiger partial charge in [-0.25, -0.2) is 0 Å². The second-order valence-electron chi connectivity index (χ2n) is 7.55. The minimum atomic E-state index is -0.397. The van der Waals surface area contributed by atoms with Crippen LogP contribution in [0.5, 0.6) is 23.0 Å². The Balaban J connectivity index is 2.10. The van der Waals surface area contributed by atoms with E-state index in [4.69, 9.17) is 18.9 Å². The number of carbonyl (C=O) groups excluding carboxylic acids is 2. The molecule has 1 aliphatic heterocycles. The van der Waals surface area contributed by atoms with Crippen LogP contribution in [0.2, 0.25) is 0 Å². The number of benzene rings is 2. The molecular formula is C25H30N2O6. The molecule has 8 heteroatoms. The van der Waals surface area contributed by atoms with Crippen LogP contribution in [-0.4, -0.2) is 50.2 Å². The Kier molecular flexibility index (Phi) is 7.48. The fourth-order valence-corrected chi connectivity index (χ4v) is 3.66. The SMILES string of the molecule is CCOc1ccc(NC2=C(c3ccc(OC)c(OC)c3)C(=O)N(C(C)C)C2=O)cc1OCC. The van der Waals surface area contributed by atoms with Crippen molar-refractivity contribution in [1.29, 1.82) is 0 Å². The van der Waals surface area contributed by atoms with Gasteiger partial charge in [0.05, 0.1) is 33.0 Å². The third-order valence-corrected chi connectivity index (χ3v) is 5.12. The molecule has 1 heterocycles. The van der Waals surface area contributed by atoms with Crippen LogP contribution in [0.15, 0.2) is 42.1 Å². The Labute approximate surface area is 194 Å². The molecule has 2 amide bonds. The summed E-state index contributed by atoms with van der Waals surface area (Å²) in [5, 5.41) is 3.15. The summed E-state index contributed by atoms with van der Waals surface area (Å²) in [7, 11) is 3.06. The van der Waals surface area contributed by atoms with Crippen LogP contribution in [0.1, 0.15) is 33.3 Å². The van der Waals surface area contributed by atoms with Crippen LogP contribution in [0.4, 0.5) is 5.69 Å². The molecule has 1 aliphatic rings. The van der Waals surface area contributed by atoms with Gasteiger partial charge in [-0.2, -0.15) is 0 Å². The largest absolute Gasteiger partial charge is 0.493 e. The molecular weight excluding hydrogens is 424 g/mol. The third-order valence-electron chi connectivity index (χ3n) is 5.12. The predicted octanol–water partition coefficient (Wildman–Crippen LogP) is 4.10. The van der Waals surface area contributed by atoms with Gasteiger partial charge < -0.3 is 24.3 Å². The molecule has 2 aromatic carbocycles. The van der Waals surface area contributed by atoms with Crippen molar-refractivity contribution in [2.75, 3.05) is 32.8 Å². The maximum Gasteiger partial charge on any atom is 0.278 e. The molecule has 0 unspecified atom stereocenters. The van der Waals surface area contributed by atoms with Crippen LogP contribution < -0.4 is 24.3 Å². The first-order valence-corrected chi connectivity index (χ1v) is 10.9. The van der Waals surface area contributed by atoms with Crippen molar-refractivity contribution in [1.82, 2.24) is 4.90 Å². The molecule has 3 rings (SSSR count). The van der Waals surface area contributed by atoms with Crippen molar-refractivity contribution < 1.29 is 28.5 Å². The van der Waals surface area contributed by atoms with Gasteiger partial charge in [0.25, 0.3) is 11.8 Å². The highest BCUT2D eigenvalue weighted by molar-refractivity contribution is 6.36. The average Bonchev–Trinajstić information content (AvgIpc) is 3.04. The van der Waals surface area contributed by atoms with Gasteiger partial charge >= 0.3 is 0 Å². The summed E-state index contributed by atoms with van der Waals surface area (Å²) in [6, 6.07) is 10.1. The highest BCUT2D eigenvalue weighted by Gasteiger charge is 2.40. The van der Waals surface area contributed by atoms with Crippen molar-refractivity contribution in [3.63, 3.8) is 0 Å². The van der Waals surface area contributed by atoms with E-state index in [9.17, 15) is 9.59 Å². The van der Waals surface area contributed by atoms with E-state index in [-0.39, 0.29) is 23.2 Å². The number of anilines is 1. The minimum Gasteiger partial charge on any atom is -0.493 e. The zero-order chi connectivity index (χ0) is 24.1. The predicted molar refractivity (Wildman–Crippen MR) is 126 cm³/mol. The van der Waals surface area contributed by atoms with Crippen molar-refractivity contribution >= 4 is 23.1 Å². The lowest BCUT2D eigenvalue weighted by Gasteiger charge is -2.19. The van der Waals surface area contributed by atoms with Crippen molar-refractivity contribution in [3.05, 3.63) is 47.7 Å². The number of rotatable bonds is 10. The van der Waals surface area contributed by atoms with Gasteiger partial charge in [0, 0.05) is 17.8 Å². The van der Waals surface area contributed by atoms with Crippen LogP contribution in [-0.2, 0) is 9.59 Å². The summed E-state index contributed by atoms with van der Waals surface area (Å²) in [6.07, 6.45) is 0. The fourth-order valence-electron chi connectivity index (χ4n) is 3.66. The third kappa shape index (κ3) is 4.74. The molecule has 1 N–H and O–H groups in total. The quantitative estimate of drug-likeness (QED) is 0.541. The average molecular weight is 455 g/mol. The number of hydrogen-bond donors (Lipinski definition) is 1. The zero-order valence-corrected chi connectivity index (χ0v) is 19.9. The number of ether oxygens (including phenoxy) is 4. The van der Waals surface area contributed by atoms with Crippen molar-refractivity contribution in [3.8, 4) is 23.0 Å². The molecule has 0 saturated carbocycles. The summed E-state index contributed by atoms with van der Waals surface area (Å²) in [6.45, 7) is 8.34. The summed E-state index contributed by atoms with van der Waals surface area (Å²) >= 11 is 0. The van der Waals surface area contributed by atoms with E-state index in [2.05, 4.69) is 5.32 Å². The summed E-state index contributed by atoms with van der Waals surface area (Å²) < 4.78 is 22.0. The fraction of sp³-hybridized carbons (Fsp3) is 0.360. The van der Waals surface area contributed by atoms with Gasteiger partial charge in [0.15, 0.2) is 23.0 Å². The summed E-state index contributed by atoms with van der Waals surface area (Å²) in [5.74, 6) is 1.38. The Morgan fingerprint density at radius 1 is 0.818 bits per heavy atom. The number of methoxy groups -OCH3 is 2. The molecule has 0 saturated heterocycles. The van der Waals surface area contributed by atoms with Crippen LogP contribution in [0.25, 0.3) is 5.57 Å². The van der Waals surface area contributed by atoms with E-state index in [1.165, 1.54) is 19.1 Å². The van der Waals surface area contributed by atoms with Gasteiger partial charge in [0.2, 0.25) is 0 Å². The Morgan fingerprint density at radius 2 is 1.45 bits per heavy atom. The molecule has 33 heavy (non-hydrogen) atoms. The van der Waals surface area contributed by atoms with Gasteiger partial charge in [-0.15, -0.1) is 0 Å². The first-order valence-electron chi connectivity index (χ1n) is 10.9. The standard InChI is InChI=1S/C25H30N2O6/c1-7-32-19-12-10-17(14-21(19)33-8-2)26-23-22(24(28)27(15(3)4)25(23)29)16-9-11-18(30-5)20(13-16)31-6/h9-15,26H,7-8H2,1-6H3. The molecule has 0 fully saturated rings.